The number of amides is 2. The van der Waals surface area contributed by atoms with Gasteiger partial charge < -0.3 is 4.74 Å². The minimum atomic E-state index is -0.492. The third-order valence-electron chi connectivity index (χ3n) is 5.50. The molecule has 4 atom stereocenters. The SMILES string of the molecule is O=C(Oc1ccccc1N1C(=O)[C@@H]2[C@H](C1=O)[C@H]1C=C[C@H]2C1)c1cccs1. The van der Waals surface area contributed by atoms with Gasteiger partial charge in [-0.2, -0.15) is 0 Å². The fraction of sp³-hybridized carbons (Fsp3) is 0.250. The van der Waals surface area contributed by atoms with Crippen LogP contribution in [-0.4, -0.2) is 17.8 Å². The highest BCUT2D eigenvalue weighted by Crippen LogP contribution is 2.53. The minimum absolute atomic E-state index is 0.146. The zero-order chi connectivity index (χ0) is 17.8. The zero-order valence-electron chi connectivity index (χ0n) is 13.7. The number of carbonyl (C=O) groups excluding carboxylic acids is 3. The van der Waals surface area contributed by atoms with Crippen molar-refractivity contribution in [2.45, 2.75) is 6.42 Å². The van der Waals surface area contributed by atoms with Crippen LogP contribution in [0.1, 0.15) is 16.1 Å². The largest absolute Gasteiger partial charge is 0.420 e. The van der Waals surface area contributed by atoms with E-state index in [4.69, 9.17) is 4.74 Å². The van der Waals surface area contributed by atoms with E-state index in [2.05, 4.69) is 12.2 Å². The maximum absolute atomic E-state index is 13.0. The van der Waals surface area contributed by atoms with E-state index < -0.39 is 5.97 Å². The van der Waals surface area contributed by atoms with Gasteiger partial charge in [0.1, 0.15) is 4.88 Å². The van der Waals surface area contributed by atoms with Crippen LogP contribution in [0, 0.1) is 23.7 Å². The van der Waals surface area contributed by atoms with Gasteiger partial charge in [0.25, 0.3) is 0 Å². The van der Waals surface area contributed by atoms with E-state index in [0.29, 0.717) is 10.6 Å². The molecule has 1 saturated heterocycles. The lowest BCUT2D eigenvalue weighted by Crippen LogP contribution is -2.33. The lowest BCUT2D eigenvalue weighted by Gasteiger charge is -2.19. The number of benzene rings is 1. The van der Waals surface area contributed by atoms with Crippen LogP contribution in [0.3, 0.4) is 0 Å². The van der Waals surface area contributed by atoms with Gasteiger partial charge in [0.15, 0.2) is 5.75 Å². The van der Waals surface area contributed by atoms with Gasteiger partial charge in [-0.1, -0.05) is 30.4 Å². The van der Waals surface area contributed by atoms with Crippen LogP contribution < -0.4 is 9.64 Å². The molecule has 5 nitrogen and oxygen atoms in total. The van der Waals surface area contributed by atoms with Crippen molar-refractivity contribution >= 4 is 34.8 Å². The first-order chi connectivity index (χ1) is 12.6. The number of para-hydroxylation sites is 2. The topological polar surface area (TPSA) is 63.7 Å². The van der Waals surface area contributed by atoms with Crippen molar-refractivity contribution in [2.75, 3.05) is 4.90 Å². The standard InChI is InChI=1S/C20H15NO4S/c22-18-16-11-7-8-12(10-11)17(16)19(23)21(18)13-4-1-2-5-14(13)25-20(24)15-6-3-9-26-15/h1-9,11-12,16-17H,10H2/t11-,12-,16-,17+/m0/s1. The Kier molecular flexibility index (Phi) is 3.37. The number of anilines is 1. The Morgan fingerprint density at radius 3 is 2.35 bits per heavy atom. The van der Waals surface area contributed by atoms with Gasteiger partial charge in [-0.15, -0.1) is 11.3 Å². The highest BCUT2D eigenvalue weighted by molar-refractivity contribution is 7.12. The normalized spacial score (nSPS) is 28.7. The van der Waals surface area contributed by atoms with E-state index in [1.54, 1.807) is 41.8 Å². The summed E-state index contributed by atoms with van der Waals surface area (Å²) in [6.45, 7) is 0. The summed E-state index contributed by atoms with van der Waals surface area (Å²) in [6, 6.07) is 10.2. The number of allylic oxidation sites excluding steroid dienone is 2. The molecule has 2 fully saturated rings. The predicted octanol–water partition coefficient (Wildman–Crippen LogP) is 3.28. The van der Waals surface area contributed by atoms with E-state index in [1.165, 1.54) is 16.2 Å². The van der Waals surface area contributed by atoms with Gasteiger partial charge in [0, 0.05) is 0 Å². The Hall–Kier alpha value is -2.73. The summed E-state index contributed by atoms with van der Waals surface area (Å²) in [5.74, 6) is -0.897. The average Bonchev–Trinajstić information content (AvgIpc) is 3.41. The summed E-state index contributed by atoms with van der Waals surface area (Å²) < 4.78 is 5.50. The molecule has 0 unspecified atom stereocenters. The fourth-order valence-electron chi connectivity index (χ4n) is 4.41. The van der Waals surface area contributed by atoms with Crippen molar-refractivity contribution in [1.29, 1.82) is 0 Å². The lowest BCUT2D eigenvalue weighted by molar-refractivity contribution is -0.123. The molecular weight excluding hydrogens is 350 g/mol. The summed E-state index contributed by atoms with van der Waals surface area (Å²) in [4.78, 5) is 40.0. The van der Waals surface area contributed by atoms with Gasteiger partial charge in [0.05, 0.1) is 17.5 Å². The zero-order valence-corrected chi connectivity index (χ0v) is 14.5. The van der Waals surface area contributed by atoms with Crippen LogP contribution in [0.25, 0.3) is 0 Å². The number of hydrogen-bond acceptors (Lipinski definition) is 5. The maximum Gasteiger partial charge on any atom is 0.353 e. The molecule has 2 aliphatic carbocycles. The quantitative estimate of drug-likeness (QED) is 0.362. The van der Waals surface area contributed by atoms with Crippen LogP contribution in [0.15, 0.2) is 53.9 Å². The highest BCUT2D eigenvalue weighted by Gasteiger charge is 2.59. The maximum atomic E-state index is 13.0. The second-order valence-electron chi connectivity index (χ2n) is 6.85. The highest BCUT2D eigenvalue weighted by atomic mass is 32.1. The number of fused-ring (bicyclic) bond motifs is 5. The fourth-order valence-corrected chi connectivity index (χ4v) is 5.01. The van der Waals surface area contributed by atoms with Crippen molar-refractivity contribution in [2.24, 2.45) is 23.7 Å². The molecule has 2 heterocycles. The van der Waals surface area contributed by atoms with Crippen molar-refractivity contribution in [3.05, 3.63) is 58.8 Å². The first kappa shape index (κ1) is 15.5. The molecular formula is C20H15NO4S. The van der Waals surface area contributed by atoms with Gasteiger partial charge in [-0.05, 0) is 41.8 Å². The second kappa shape index (κ2) is 5.64. The molecule has 2 amide bonds. The van der Waals surface area contributed by atoms with Gasteiger partial charge >= 0.3 is 5.97 Å². The summed E-state index contributed by atoms with van der Waals surface area (Å²) in [7, 11) is 0. The van der Waals surface area contributed by atoms with E-state index in [1.807, 2.05) is 0 Å². The number of esters is 1. The number of carbonyl (C=O) groups is 3. The Labute approximate surface area is 153 Å². The van der Waals surface area contributed by atoms with Crippen molar-refractivity contribution in [3.8, 4) is 5.75 Å². The molecule has 2 bridgehead atoms. The molecule has 2 aromatic rings. The molecule has 0 spiro atoms. The van der Waals surface area contributed by atoms with Crippen LogP contribution in [0.2, 0.25) is 0 Å². The summed E-state index contributed by atoms with van der Waals surface area (Å²) in [5, 5.41) is 1.79. The third kappa shape index (κ3) is 2.12. The van der Waals surface area contributed by atoms with Crippen LogP contribution in [0.5, 0.6) is 5.75 Å². The van der Waals surface area contributed by atoms with Gasteiger partial charge in [0.2, 0.25) is 11.8 Å². The number of rotatable bonds is 3. The Bertz CT molecular complexity index is 918. The smallest absolute Gasteiger partial charge is 0.353 e. The number of thiophene rings is 1. The van der Waals surface area contributed by atoms with Crippen molar-refractivity contribution in [1.82, 2.24) is 0 Å². The second-order valence-corrected chi connectivity index (χ2v) is 7.79. The Morgan fingerprint density at radius 2 is 1.69 bits per heavy atom. The molecule has 26 heavy (non-hydrogen) atoms. The summed E-state index contributed by atoms with van der Waals surface area (Å²) >= 11 is 1.28. The molecule has 1 aromatic carbocycles. The molecule has 1 aliphatic heterocycles. The minimum Gasteiger partial charge on any atom is -0.420 e. The first-order valence-corrected chi connectivity index (χ1v) is 9.44. The molecule has 1 saturated carbocycles. The van der Waals surface area contributed by atoms with Crippen LogP contribution in [-0.2, 0) is 9.59 Å². The predicted molar refractivity (Wildman–Crippen MR) is 95.9 cm³/mol. The number of nitrogens with zero attached hydrogens (tertiary/aromatic N) is 1. The van der Waals surface area contributed by atoms with E-state index in [0.717, 1.165) is 6.42 Å². The molecule has 5 rings (SSSR count). The molecule has 0 N–H and O–H groups in total. The monoisotopic (exact) mass is 365 g/mol. The van der Waals surface area contributed by atoms with Gasteiger partial charge in [-0.25, -0.2) is 9.69 Å². The number of ether oxygens (including phenoxy) is 1. The Balaban J connectivity index is 1.49. The number of imide groups is 1. The molecule has 0 radical (unpaired) electrons. The van der Waals surface area contributed by atoms with E-state index in [-0.39, 0.29) is 41.2 Å². The molecule has 1 aromatic heterocycles. The molecule has 3 aliphatic rings. The Morgan fingerprint density at radius 1 is 1.00 bits per heavy atom. The van der Waals surface area contributed by atoms with Crippen molar-refractivity contribution in [3.63, 3.8) is 0 Å². The van der Waals surface area contributed by atoms with Crippen LogP contribution in [0.4, 0.5) is 5.69 Å². The summed E-state index contributed by atoms with van der Waals surface area (Å²) in [5.41, 5.74) is 0.348. The third-order valence-corrected chi connectivity index (χ3v) is 6.35. The van der Waals surface area contributed by atoms with Gasteiger partial charge in [-0.3, -0.25) is 9.59 Å². The first-order valence-electron chi connectivity index (χ1n) is 8.56. The molecule has 130 valence electrons. The van der Waals surface area contributed by atoms with Crippen LogP contribution >= 0.6 is 11.3 Å². The van der Waals surface area contributed by atoms with E-state index >= 15 is 0 Å². The summed E-state index contributed by atoms with van der Waals surface area (Å²) in [6.07, 6.45) is 5.00. The lowest BCUT2D eigenvalue weighted by atomic mass is 9.85. The molecule has 6 heteroatoms. The average molecular weight is 365 g/mol. The van der Waals surface area contributed by atoms with E-state index in [9.17, 15) is 14.4 Å². The van der Waals surface area contributed by atoms with Crippen molar-refractivity contribution < 1.29 is 19.1 Å². The number of hydrogen-bond donors (Lipinski definition) is 0.